The first kappa shape index (κ1) is 26.6. The Morgan fingerprint density at radius 3 is 1.45 bits per heavy atom. The molecular formula is C24H26BrF3O. The van der Waals surface area contributed by atoms with E-state index in [9.17, 15) is 18.0 Å². The molecule has 156 valence electrons. The Balaban J connectivity index is 0.00000261. The van der Waals surface area contributed by atoms with Crippen molar-refractivity contribution in [2.75, 3.05) is 0 Å². The van der Waals surface area contributed by atoms with Crippen molar-refractivity contribution in [3.63, 3.8) is 0 Å². The molecule has 0 spiro atoms. The van der Waals surface area contributed by atoms with Crippen LogP contribution in [0.3, 0.4) is 0 Å². The second-order valence-electron chi connectivity index (χ2n) is 5.95. The summed E-state index contributed by atoms with van der Waals surface area (Å²) in [5.41, 5.74) is 0.196. The van der Waals surface area contributed by atoms with E-state index in [1.807, 2.05) is 0 Å². The summed E-state index contributed by atoms with van der Waals surface area (Å²) in [4.78, 5) is 12.9. The summed E-state index contributed by atoms with van der Waals surface area (Å²) in [6.07, 6.45) is 0. The minimum atomic E-state index is -1.32. The molecule has 3 rings (SSSR count). The molecule has 29 heavy (non-hydrogen) atoms. The second-order valence-corrected chi connectivity index (χ2v) is 6.80. The molecule has 5 heteroatoms. The van der Waals surface area contributed by atoms with Crippen LogP contribution in [0.2, 0.25) is 0 Å². The van der Waals surface area contributed by atoms with Gasteiger partial charge in [-0.15, -0.1) is 0 Å². The van der Waals surface area contributed by atoms with Crippen LogP contribution in [-0.4, -0.2) is 5.78 Å². The number of carbonyl (C=O) groups excluding carboxylic acids is 1. The lowest BCUT2D eigenvalue weighted by Gasteiger charge is -2.33. The maximum atomic E-state index is 13.8. The first-order valence-corrected chi connectivity index (χ1v) is 8.63. The Morgan fingerprint density at radius 1 is 0.724 bits per heavy atom. The molecule has 0 fully saturated rings. The molecule has 0 N–H and O–H groups in total. The van der Waals surface area contributed by atoms with Gasteiger partial charge in [0.1, 0.15) is 28.6 Å². The highest BCUT2D eigenvalue weighted by Gasteiger charge is 2.41. The molecule has 0 bridgehead atoms. The Hall–Kier alpha value is -2.40. The molecule has 0 saturated heterocycles. The summed E-state index contributed by atoms with van der Waals surface area (Å²) in [6, 6.07) is 15.4. The SMILES string of the molecule is C.C.C.CC(=O)C(c1ccc(F)cc1)(c1ccc(F)cc1)c1ccc(F)c(Br)c1. The number of benzene rings is 3. The lowest BCUT2D eigenvalue weighted by Crippen LogP contribution is -2.37. The monoisotopic (exact) mass is 466 g/mol. The van der Waals surface area contributed by atoms with Gasteiger partial charge in [-0.05, 0) is 75.9 Å². The minimum absolute atomic E-state index is 0. The lowest BCUT2D eigenvalue weighted by molar-refractivity contribution is -0.119. The molecule has 0 saturated carbocycles. The van der Waals surface area contributed by atoms with Crippen molar-refractivity contribution in [2.45, 2.75) is 34.6 Å². The van der Waals surface area contributed by atoms with E-state index in [4.69, 9.17) is 0 Å². The van der Waals surface area contributed by atoms with Crippen molar-refractivity contribution in [3.8, 4) is 0 Å². The average molecular weight is 467 g/mol. The van der Waals surface area contributed by atoms with Crippen molar-refractivity contribution < 1.29 is 18.0 Å². The van der Waals surface area contributed by atoms with Crippen LogP contribution in [0.4, 0.5) is 13.2 Å². The number of ketones is 1. The molecule has 0 amide bonds. The lowest BCUT2D eigenvalue weighted by atomic mass is 9.67. The van der Waals surface area contributed by atoms with Gasteiger partial charge in [0.15, 0.2) is 0 Å². The summed E-state index contributed by atoms with van der Waals surface area (Å²) in [5, 5.41) is 0. The molecule has 0 aliphatic heterocycles. The minimum Gasteiger partial charge on any atom is -0.298 e. The largest absolute Gasteiger partial charge is 0.298 e. The third kappa shape index (κ3) is 4.78. The molecule has 0 heterocycles. The van der Waals surface area contributed by atoms with Gasteiger partial charge in [0.25, 0.3) is 0 Å². The highest BCUT2D eigenvalue weighted by molar-refractivity contribution is 9.10. The molecule has 0 atom stereocenters. The summed E-state index contributed by atoms with van der Waals surface area (Å²) in [5.74, 6) is -1.60. The number of carbonyl (C=O) groups is 1. The summed E-state index contributed by atoms with van der Waals surface area (Å²) < 4.78 is 40.9. The number of hydrogen-bond acceptors (Lipinski definition) is 1. The van der Waals surface area contributed by atoms with Gasteiger partial charge in [-0.2, -0.15) is 0 Å². The number of halogens is 4. The number of rotatable bonds is 4. The Morgan fingerprint density at radius 2 is 1.10 bits per heavy atom. The fourth-order valence-corrected chi connectivity index (χ4v) is 3.62. The molecular weight excluding hydrogens is 441 g/mol. The molecule has 0 aliphatic rings. The Labute approximate surface area is 179 Å². The van der Waals surface area contributed by atoms with Crippen LogP contribution >= 0.6 is 15.9 Å². The fourth-order valence-electron chi connectivity index (χ4n) is 3.24. The van der Waals surface area contributed by atoms with E-state index in [-0.39, 0.29) is 32.5 Å². The van der Waals surface area contributed by atoms with Gasteiger partial charge in [0.2, 0.25) is 0 Å². The molecule has 0 aromatic heterocycles. The number of Topliss-reactive ketones (excluding diaryl/α,β-unsaturated/α-hetero) is 1. The van der Waals surface area contributed by atoms with Gasteiger partial charge < -0.3 is 0 Å². The van der Waals surface area contributed by atoms with Crippen LogP contribution in [0.1, 0.15) is 45.9 Å². The first-order chi connectivity index (χ1) is 12.4. The maximum absolute atomic E-state index is 13.8. The summed E-state index contributed by atoms with van der Waals surface area (Å²) >= 11 is 3.15. The fraction of sp³-hybridized carbons (Fsp3) is 0.208. The maximum Gasteiger partial charge on any atom is 0.149 e. The van der Waals surface area contributed by atoms with Crippen molar-refractivity contribution in [1.29, 1.82) is 0 Å². The van der Waals surface area contributed by atoms with Gasteiger partial charge >= 0.3 is 0 Å². The van der Waals surface area contributed by atoms with Gasteiger partial charge in [-0.3, -0.25) is 4.79 Å². The van der Waals surface area contributed by atoms with E-state index >= 15 is 0 Å². The van der Waals surface area contributed by atoms with E-state index in [2.05, 4.69) is 15.9 Å². The van der Waals surface area contributed by atoms with E-state index in [0.29, 0.717) is 16.7 Å². The predicted molar refractivity (Wildman–Crippen MR) is 118 cm³/mol. The van der Waals surface area contributed by atoms with Crippen LogP contribution in [0.5, 0.6) is 0 Å². The quantitative estimate of drug-likeness (QED) is 0.360. The van der Waals surface area contributed by atoms with Gasteiger partial charge in [-0.25, -0.2) is 13.2 Å². The van der Waals surface area contributed by atoms with E-state index < -0.39 is 22.9 Å². The van der Waals surface area contributed by atoms with Crippen molar-refractivity contribution in [2.24, 2.45) is 0 Å². The van der Waals surface area contributed by atoms with E-state index in [1.165, 1.54) is 73.7 Å². The van der Waals surface area contributed by atoms with Crippen LogP contribution in [0.25, 0.3) is 0 Å². The van der Waals surface area contributed by atoms with E-state index in [0.717, 1.165) is 0 Å². The average Bonchev–Trinajstić information content (AvgIpc) is 2.61. The van der Waals surface area contributed by atoms with E-state index in [1.54, 1.807) is 0 Å². The van der Waals surface area contributed by atoms with Crippen LogP contribution < -0.4 is 0 Å². The summed E-state index contributed by atoms with van der Waals surface area (Å²) in [6.45, 7) is 1.41. The van der Waals surface area contributed by atoms with Crippen molar-refractivity contribution in [3.05, 3.63) is 105 Å². The zero-order valence-electron chi connectivity index (χ0n) is 13.8. The zero-order valence-corrected chi connectivity index (χ0v) is 15.4. The zero-order chi connectivity index (χ0) is 18.9. The highest BCUT2D eigenvalue weighted by Crippen LogP contribution is 2.41. The normalized spacial score (nSPS) is 10.2. The van der Waals surface area contributed by atoms with Crippen molar-refractivity contribution in [1.82, 2.24) is 0 Å². The predicted octanol–water partition coefficient (Wildman–Crippen LogP) is 7.70. The smallest absolute Gasteiger partial charge is 0.149 e. The molecule has 0 radical (unpaired) electrons. The summed E-state index contributed by atoms with van der Waals surface area (Å²) in [7, 11) is 0. The first-order valence-electron chi connectivity index (χ1n) is 7.84. The Kier molecular flexibility index (Phi) is 9.54. The topological polar surface area (TPSA) is 17.1 Å². The Bertz CT molecular complexity index is 905. The van der Waals surface area contributed by atoms with Crippen molar-refractivity contribution >= 4 is 21.7 Å². The van der Waals surface area contributed by atoms with Crippen LogP contribution in [0.15, 0.2) is 71.2 Å². The third-order valence-electron chi connectivity index (χ3n) is 4.44. The molecule has 1 nitrogen and oxygen atoms in total. The van der Waals surface area contributed by atoms with Crippen LogP contribution in [-0.2, 0) is 10.2 Å². The standard InChI is InChI=1S/C21H14BrF3O.3CH4/c1-13(26)21(14-2-7-17(23)8-3-14,15-4-9-18(24)10-5-15)16-6-11-20(25)19(22)12-16;;;/h2-12H,1H3;3*1H4. The highest BCUT2D eigenvalue weighted by atomic mass is 79.9. The molecule has 0 unspecified atom stereocenters. The third-order valence-corrected chi connectivity index (χ3v) is 5.04. The molecule has 0 aliphatic carbocycles. The van der Waals surface area contributed by atoms with Gasteiger partial charge in [0.05, 0.1) is 4.47 Å². The number of hydrogen-bond donors (Lipinski definition) is 0. The van der Waals surface area contributed by atoms with Gasteiger partial charge in [-0.1, -0.05) is 52.6 Å². The molecule has 3 aromatic rings. The van der Waals surface area contributed by atoms with Gasteiger partial charge in [0, 0.05) is 0 Å². The second kappa shape index (κ2) is 10.4. The molecule has 3 aromatic carbocycles. The van der Waals surface area contributed by atoms with Crippen LogP contribution in [0, 0.1) is 17.5 Å².